The van der Waals surface area contributed by atoms with Crippen molar-refractivity contribution in [3.05, 3.63) is 10.2 Å². The first kappa shape index (κ1) is 26.9. The van der Waals surface area contributed by atoms with Crippen LogP contribution in [0.4, 0.5) is 15.4 Å². The van der Waals surface area contributed by atoms with Gasteiger partial charge in [0.15, 0.2) is 5.82 Å². The van der Waals surface area contributed by atoms with Gasteiger partial charge >= 0.3 is 12.2 Å². The van der Waals surface area contributed by atoms with Crippen molar-refractivity contribution in [2.24, 2.45) is 0 Å². The number of anilines is 1. The number of carbonyl (C=O) groups excluding carboxylic acids is 2. The van der Waals surface area contributed by atoms with Crippen LogP contribution in [-0.2, 0) is 14.2 Å². The first-order valence-electron chi connectivity index (χ1n) is 10.9. The van der Waals surface area contributed by atoms with Crippen LogP contribution >= 0.6 is 15.9 Å². The van der Waals surface area contributed by atoms with Crippen molar-refractivity contribution in [3.63, 3.8) is 0 Å². The molecule has 1 aromatic rings. The van der Waals surface area contributed by atoms with Crippen molar-refractivity contribution in [1.29, 1.82) is 5.26 Å². The van der Waals surface area contributed by atoms with Crippen molar-refractivity contribution in [1.82, 2.24) is 14.7 Å². The molecule has 1 saturated heterocycles. The highest BCUT2D eigenvalue weighted by Gasteiger charge is 2.41. The lowest BCUT2D eigenvalue weighted by Gasteiger charge is -2.28. The minimum atomic E-state index is -0.705. The van der Waals surface area contributed by atoms with Gasteiger partial charge in [-0.05, 0) is 70.8 Å². The summed E-state index contributed by atoms with van der Waals surface area (Å²) in [7, 11) is 1.58. The molecule has 1 aliphatic heterocycles. The minimum Gasteiger partial charge on any atom is -0.444 e. The summed E-state index contributed by atoms with van der Waals surface area (Å²) in [5.74, 6) is 0.327. The minimum absolute atomic E-state index is 0.224. The Hall–Kier alpha value is -2.32. The maximum absolute atomic E-state index is 13.0. The summed E-state index contributed by atoms with van der Waals surface area (Å²) in [6.45, 7) is 13.5. The largest absolute Gasteiger partial charge is 0.444 e. The maximum atomic E-state index is 13.0. The average molecular weight is 528 g/mol. The normalized spacial score (nSPS) is 18.7. The second kappa shape index (κ2) is 10.3. The number of hydrogen-bond acceptors (Lipinski definition) is 7. The van der Waals surface area contributed by atoms with Gasteiger partial charge in [-0.2, -0.15) is 10.4 Å². The highest BCUT2D eigenvalue weighted by molar-refractivity contribution is 9.10. The standard InChI is InChI=1S/C22H34BrN5O5/c1-9-26(19(29)32-21(2,3)4)18-16(11-24)17(23)25-28(18)14-10-15(13-31-8)27(12-14)20(30)33-22(5,6)7/h14-15H,9-10,12-13H2,1-8H3/t14-,15+/m0/s1. The van der Waals surface area contributed by atoms with Gasteiger partial charge in [0.1, 0.15) is 27.4 Å². The number of halogens is 1. The Labute approximate surface area is 203 Å². The SMILES string of the molecule is CCN(C(=O)OC(C)(C)C)c1c(C#N)c(Br)nn1[C@H]1C[C@H](COC)N(C(=O)OC(C)(C)C)C1. The Bertz CT molecular complexity index is 912. The summed E-state index contributed by atoms with van der Waals surface area (Å²) in [5, 5.41) is 14.3. The van der Waals surface area contributed by atoms with E-state index in [-0.39, 0.29) is 24.2 Å². The summed E-state index contributed by atoms with van der Waals surface area (Å²) >= 11 is 3.35. The van der Waals surface area contributed by atoms with Gasteiger partial charge in [-0.25, -0.2) is 14.3 Å². The molecule has 0 unspecified atom stereocenters. The van der Waals surface area contributed by atoms with Gasteiger partial charge in [0.05, 0.1) is 18.7 Å². The number of carbonyl (C=O) groups is 2. The van der Waals surface area contributed by atoms with Gasteiger partial charge in [0, 0.05) is 20.2 Å². The second-order valence-corrected chi connectivity index (χ2v) is 10.7. The zero-order valence-corrected chi connectivity index (χ0v) is 22.2. The zero-order chi connectivity index (χ0) is 25.1. The van der Waals surface area contributed by atoms with Gasteiger partial charge in [0.25, 0.3) is 0 Å². The first-order chi connectivity index (χ1) is 15.2. The third-order valence-corrected chi connectivity index (χ3v) is 5.42. The van der Waals surface area contributed by atoms with Crippen molar-refractivity contribution in [2.45, 2.75) is 78.2 Å². The number of aromatic nitrogens is 2. The molecule has 33 heavy (non-hydrogen) atoms. The van der Waals surface area contributed by atoms with Gasteiger partial charge in [0.2, 0.25) is 0 Å². The fourth-order valence-corrected chi connectivity index (χ4v) is 4.09. The first-order valence-corrected chi connectivity index (χ1v) is 11.7. The smallest absolute Gasteiger partial charge is 0.416 e. The van der Waals surface area contributed by atoms with Crippen LogP contribution in [0.15, 0.2) is 4.60 Å². The van der Waals surface area contributed by atoms with E-state index in [0.29, 0.717) is 30.0 Å². The molecule has 1 fully saturated rings. The van der Waals surface area contributed by atoms with Crippen LogP contribution < -0.4 is 4.90 Å². The number of methoxy groups -OCH3 is 1. The Morgan fingerprint density at radius 2 is 1.82 bits per heavy atom. The summed E-state index contributed by atoms with van der Waals surface area (Å²) in [6, 6.07) is 1.59. The molecule has 184 valence electrons. The number of ether oxygens (including phenoxy) is 3. The van der Waals surface area contributed by atoms with E-state index in [2.05, 4.69) is 27.1 Å². The van der Waals surface area contributed by atoms with Crippen LogP contribution in [0.3, 0.4) is 0 Å². The molecule has 0 spiro atoms. The van der Waals surface area contributed by atoms with E-state index in [0.717, 1.165) is 0 Å². The number of nitriles is 1. The lowest BCUT2D eigenvalue weighted by Crippen LogP contribution is -2.42. The van der Waals surface area contributed by atoms with Gasteiger partial charge in [-0.15, -0.1) is 0 Å². The van der Waals surface area contributed by atoms with Gasteiger partial charge < -0.3 is 19.1 Å². The molecule has 2 amide bonds. The molecule has 0 aliphatic carbocycles. The Balaban J connectivity index is 2.47. The van der Waals surface area contributed by atoms with Gasteiger partial charge in [-0.3, -0.25) is 4.90 Å². The van der Waals surface area contributed by atoms with E-state index >= 15 is 0 Å². The highest BCUT2D eigenvalue weighted by Crippen LogP contribution is 2.36. The number of likely N-dealkylation sites (tertiary alicyclic amines) is 1. The van der Waals surface area contributed by atoms with E-state index in [1.54, 1.807) is 44.4 Å². The predicted molar refractivity (Wildman–Crippen MR) is 126 cm³/mol. The topological polar surface area (TPSA) is 110 Å². The molecule has 0 N–H and O–H groups in total. The summed E-state index contributed by atoms with van der Waals surface area (Å²) < 4.78 is 18.4. The van der Waals surface area contributed by atoms with Crippen molar-refractivity contribution in [2.75, 3.05) is 31.7 Å². The highest BCUT2D eigenvalue weighted by atomic mass is 79.9. The van der Waals surface area contributed by atoms with Crippen molar-refractivity contribution < 1.29 is 23.8 Å². The molecule has 0 bridgehead atoms. The number of amides is 2. The molecule has 2 atom stereocenters. The second-order valence-electron chi connectivity index (χ2n) is 9.90. The molecular formula is C22H34BrN5O5. The monoisotopic (exact) mass is 527 g/mol. The molecule has 2 heterocycles. The van der Waals surface area contributed by atoms with Crippen LogP contribution in [0.1, 0.15) is 66.5 Å². The zero-order valence-electron chi connectivity index (χ0n) is 20.6. The molecule has 11 heteroatoms. The quantitative estimate of drug-likeness (QED) is 0.555. The number of rotatable bonds is 5. The lowest BCUT2D eigenvalue weighted by atomic mass is 10.2. The molecule has 10 nitrogen and oxygen atoms in total. The van der Waals surface area contributed by atoms with Gasteiger partial charge in [-0.1, -0.05) is 0 Å². The molecule has 0 saturated carbocycles. The van der Waals surface area contributed by atoms with Crippen LogP contribution in [0.25, 0.3) is 0 Å². The predicted octanol–water partition coefficient (Wildman–Crippen LogP) is 4.48. The number of hydrogen-bond donors (Lipinski definition) is 0. The van der Waals surface area contributed by atoms with E-state index in [4.69, 9.17) is 14.2 Å². The molecule has 0 aromatic carbocycles. The third-order valence-electron chi connectivity index (χ3n) is 4.87. The van der Waals surface area contributed by atoms with E-state index < -0.39 is 23.4 Å². The van der Waals surface area contributed by atoms with Crippen LogP contribution in [0.2, 0.25) is 0 Å². The summed E-state index contributed by atoms with van der Waals surface area (Å²) in [6.07, 6.45) is -0.504. The third kappa shape index (κ3) is 6.60. The summed E-state index contributed by atoms with van der Waals surface area (Å²) in [4.78, 5) is 28.8. The Morgan fingerprint density at radius 1 is 1.21 bits per heavy atom. The van der Waals surface area contributed by atoms with Crippen molar-refractivity contribution >= 4 is 33.9 Å². The fraction of sp³-hybridized carbons (Fsp3) is 0.727. The van der Waals surface area contributed by atoms with Crippen LogP contribution in [0.5, 0.6) is 0 Å². The van der Waals surface area contributed by atoms with E-state index in [1.807, 2.05) is 20.8 Å². The molecule has 1 aliphatic rings. The van der Waals surface area contributed by atoms with E-state index in [1.165, 1.54) is 4.90 Å². The van der Waals surface area contributed by atoms with Crippen LogP contribution in [-0.4, -0.2) is 70.9 Å². The Kier molecular flexibility index (Phi) is 8.41. The van der Waals surface area contributed by atoms with Crippen molar-refractivity contribution in [3.8, 4) is 6.07 Å². The molecular weight excluding hydrogens is 494 g/mol. The average Bonchev–Trinajstić information content (AvgIpc) is 3.21. The van der Waals surface area contributed by atoms with E-state index in [9.17, 15) is 14.9 Å². The van der Waals surface area contributed by atoms with Crippen LogP contribution in [0, 0.1) is 11.3 Å². The molecule has 1 aromatic heterocycles. The molecule has 2 rings (SSSR count). The Morgan fingerprint density at radius 3 is 2.30 bits per heavy atom. The number of nitrogens with zero attached hydrogens (tertiary/aromatic N) is 5. The maximum Gasteiger partial charge on any atom is 0.416 e. The molecule has 0 radical (unpaired) electrons. The fourth-order valence-electron chi connectivity index (χ4n) is 3.65. The lowest BCUT2D eigenvalue weighted by molar-refractivity contribution is 0.0145. The summed E-state index contributed by atoms with van der Waals surface area (Å²) in [5.41, 5.74) is -1.12.